The van der Waals surface area contributed by atoms with Gasteiger partial charge in [0.2, 0.25) is 0 Å². The van der Waals surface area contributed by atoms with Gasteiger partial charge in [-0.2, -0.15) is 0 Å². The Morgan fingerprint density at radius 3 is 2.39 bits per heavy atom. The smallest absolute Gasteiger partial charge is 0.0822 e. The molecular weight excluding hydrogens is 224 g/mol. The second-order valence-electron chi connectivity index (χ2n) is 5.68. The van der Waals surface area contributed by atoms with E-state index in [1.165, 1.54) is 0 Å². The van der Waals surface area contributed by atoms with E-state index >= 15 is 0 Å². The molecule has 18 heavy (non-hydrogen) atoms. The molecule has 0 amide bonds. The Kier molecular flexibility index (Phi) is 5.17. The Hall–Kier alpha value is -1.06. The van der Waals surface area contributed by atoms with Crippen molar-refractivity contribution in [3.63, 3.8) is 0 Å². The topological polar surface area (TPSA) is 49.5 Å². The summed E-state index contributed by atoms with van der Waals surface area (Å²) in [5, 5.41) is 10.2. The number of hydrogen-bond acceptors (Lipinski definition) is 3. The van der Waals surface area contributed by atoms with Crippen molar-refractivity contribution in [1.29, 1.82) is 0 Å². The van der Waals surface area contributed by atoms with Gasteiger partial charge < -0.3 is 10.8 Å². The lowest BCUT2D eigenvalue weighted by Gasteiger charge is -2.35. The van der Waals surface area contributed by atoms with Crippen LogP contribution in [0.5, 0.6) is 0 Å². The predicted molar refractivity (Wildman–Crippen MR) is 77.4 cm³/mol. The van der Waals surface area contributed by atoms with E-state index < -0.39 is 6.10 Å². The summed E-state index contributed by atoms with van der Waals surface area (Å²) in [6.45, 7) is 10.6. The highest BCUT2D eigenvalue weighted by atomic mass is 16.3. The lowest BCUT2D eigenvalue weighted by atomic mass is 10.0. The SMILES string of the molecule is CCN(CCC(O)c1ccccc1N)C(C)(C)C. The van der Waals surface area contributed by atoms with E-state index in [1.807, 2.05) is 24.3 Å². The molecule has 102 valence electrons. The summed E-state index contributed by atoms with van der Waals surface area (Å²) in [7, 11) is 0. The average molecular weight is 250 g/mol. The molecule has 0 aliphatic carbocycles. The molecule has 3 heteroatoms. The maximum Gasteiger partial charge on any atom is 0.0822 e. The van der Waals surface area contributed by atoms with Crippen LogP contribution >= 0.6 is 0 Å². The predicted octanol–water partition coefficient (Wildman–Crippen LogP) is 2.81. The molecule has 1 atom stereocenters. The van der Waals surface area contributed by atoms with Gasteiger partial charge in [0.1, 0.15) is 0 Å². The van der Waals surface area contributed by atoms with Crippen molar-refractivity contribution in [2.75, 3.05) is 18.8 Å². The lowest BCUT2D eigenvalue weighted by Crippen LogP contribution is -2.42. The van der Waals surface area contributed by atoms with Crippen molar-refractivity contribution in [2.45, 2.75) is 45.8 Å². The minimum absolute atomic E-state index is 0.136. The Morgan fingerprint density at radius 2 is 1.89 bits per heavy atom. The van der Waals surface area contributed by atoms with Gasteiger partial charge in [0.25, 0.3) is 0 Å². The third-order valence-electron chi connectivity index (χ3n) is 3.36. The highest BCUT2D eigenvalue weighted by Crippen LogP contribution is 2.24. The van der Waals surface area contributed by atoms with Crippen LogP contribution in [0.3, 0.4) is 0 Å². The number of nitrogens with two attached hydrogens (primary N) is 1. The third kappa shape index (κ3) is 4.00. The monoisotopic (exact) mass is 250 g/mol. The maximum atomic E-state index is 10.2. The van der Waals surface area contributed by atoms with Crippen LogP contribution in [0.4, 0.5) is 5.69 Å². The standard InChI is InChI=1S/C15H26N2O/c1-5-17(15(2,3)4)11-10-14(18)12-8-6-7-9-13(12)16/h6-9,14,18H,5,10-11,16H2,1-4H3. The molecule has 0 bridgehead atoms. The number of para-hydroxylation sites is 1. The van der Waals surface area contributed by atoms with Crippen LogP contribution in [-0.4, -0.2) is 28.6 Å². The number of nitrogens with zero attached hydrogens (tertiary/aromatic N) is 1. The molecule has 3 nitrogen and oxygen atoms in total. The molecule has 0 saturated heterocycles. The van der Waals surface area contributed by atoms with Crippen LogP contribution in [0, 0.1) is 0 Å². The molecule has 0 aromatic heterocycles. The highest BCUT2D eigenvalue weighted by molar-refractivity contribution is 5.47. The summed E-state index contributed by atoms with van der Waals surface area (Å²) in [5.41, 5.74) is 7.51. The molecule has 1 unspecified atom stereocenters. The maximum absolute atomic E-state index is 10.2. The van der Waals surface area contributed by atoms with Crippen LogP contribution in [0.25, 0.3) is 0 Å². The molecular formula is C15H26N2O. The normalized spacial score (nSPS) is 13.9. The minimum Gasteiger partial charge on any atom is -0.398 e. The largest absolute Gasteiger partial charge is 0.398 e. The van der Waals surface area contributed by atoms with Gasteiger partial charge in [0.15, 0.2) is 0 Å². The van der Waals surface area contributed by atoms with Crippen molar-refractivity contribution in [1.82, 2.24) is 4.90 Å². The van der Waals surface area contributed by atoms with Crippen LogP contribution < -0.4 is 5.73 Å². The number of aliphatic hydroxyl groups excluding tert-OH is 1. The Morgan fingerprint density at radius 1 is 1.28 bits per heavy atom. The fourth-order valence-corrected chi connectivity index (χ4v) is 2.22. The highest BCUT2D eigenvalue weighted by Gasteiger charge is 2.20. The summed E-state index contributed by atoms with van der Waals surface area (Å²) >= 11 is 0. The van der Waals surface area contributed by atoms with Crippen LogP contribution in [0.1, 0.15) is 45.8 Å². The summed E-state index contributed by atoms with van der Waals surface area (Å²) in [5.74, 6) is 0. The quantitative estimate of drug-likeness (QED) is 0.790. The van der Waals surface area contributed by atoms with Crippen molar-refractivity contribution >= 4 is 5.69 Å². The zero-order chi connectivity index (χ0) is 13.8. The summed E-state index contributed by atoms with van der Waals surface area (Å²) in [4.78, 5) is 2.36. The molecule has 1 rings (SSSR count). The summed E-state index contributed by atoms with van der Waals surface area (Å²) in [6.07, 6.45) is 0.224. The van der Waals surface area contributed by atoms with Crippen LogP contribution in [0.2, 0.25) is 0 Å². The van der Waals surface area contributed by atoms with Gasteiger partial charge in [-0.05, 0) is 39.8 Å². The fourth-order valence-electron chi connectivity index (χ4n) is 2.22. The first-order valence-corrected chi connectivity index (χ1v) is 6.63. The van der Waals surface area contributed by atoms with Gasteiger partial charge in [-0.3, -0.25) is 4.90 Å². The molecule has 0 aliphatic heterocycles. The summed E-state index contributed by atoms with van der Waals surface area (Å²) in [6, 6.07) is 7.53. The van der Waals surface area contributed by atoms with E-state index in [0.29, 0.717) is 12.1 Å². The number of hydrogen-bond donors (Lipinski definition) is 2. The molecule has 0 aliphatic rings. The number of nitrogen functional groups attached to an aromatic ring is 1. The molecule has 3 N–H and O–H groups in total. The van der Waals surface area contributed by atoms with Crippen LogP contribution in [-0.2, 0) is 0 Å². The minimum atomic E-state index is -0.484. The van der Waals surface area contributed by atoms with E-state index in [0.717, 1.165) is 18.7 Å². The van der Waals surface area contributed by atoms with Gasteiger partial charge in [-0.15, -0.1) is 0 Å². The fraction of sp³-hybridized carbons (Fsp3) is 0.600. The molecule has 0 spiro atoms. The van der Waals surface area contributed by atoms with Crippen molar-refractivity contribution < 1.29 is 5.11 Å². The second kappa shape index (κ2) is 6.21. The summed E-state index contributed by atoms with van der Waals surface area (Å²) < 4.78 is 0. The van der Waals surface area contributed by atoms with E-state index in [-0.39, 0.29) is 5.54 Å². The lowest BCUT2D eigenvalue weighted by molar-refractivity contribution is 0.100. The number of rotatable bonds is 5. The molecule has 0 heterocycles. The van der Waals surface area contributed by atoms with Crippen molar-refractivity contribution in [2.24, 2.45) is 0 Å². The second-order valence-corrected chi connectivity index (χ2v) is 5.68. The van der Waals surface area contributed by atoms with Crippen LogP contribution in [0.15, 0.2) is 24.3 Å². The third-order valence-corrected chi connectivity index (χ3v) is 3.36. The first-order chi connectivity index (χ1) is 8.36. The molecule has 1 aromatic carbocycles. The Labute approximate surface area is 111 Å². The van der Waals surface area contributed by atoms with E-state index in [9.17, 15) is 5.11 Å². The van der Waals surface area contributed by atoms with Gasteiger partial charge in [-0.25, -0.2) is 0 Å². The molecule has 0 fully saturated rings. The van der Waals surface area contributed by atoms with Gasteiger partial charge in [-0.1, -0.05) is 25.1 Å². The van der Waals surface area contributed by atoms with Crippen molar-refractivity contribution in [3.8, 4) is 0 Å². The Balaban J connectivity index is 2.61. The molecule has 0 radical (unpaired) electrons. The van der Waals surface area contributed by atoms with E-state index in [1.54, 1.807) is 0 Å². The molecule has 1 aromatic rings. The van der Waals surface area contributed by atoms with E-state index in [4.69, 9.17) is 5.73 Å². The number of benzene rings is 1. The zero-order valence-corrected chi connectivity index (χ0v) is 12.0. The van der Waals surface area contributed by atoms with Gasteiger partial charge >= 0.3 is 0 Å². The van der Waals surface area contributed by atoms with Crippen molar-refractivity contribution in [3.05, 3.63) is 29.8 Å². The van der Waals surface area contributed by atoms with Gasteiger partial charge in [0.05, 0.1) is 6.10 Å². The number of anilines is 1. The first-order valence-electron chi connectivity index (χ1n) is 6.63. The first kappa shape index (κ1) is 15.0. The van der Waals surface area contributed by atoms with E-state index in [2.05, 4.69) is 32.6 Å². The van der Waals surface area contributed by atoms with Gasteiger partial charge in [0, 0.05) is 23.3 Å². The molecule has 0 saturated carbocycles. The average Bonchev–Trinajstić information content (AvgIpc) is 2.28. The zero-order valence-electron chi connectivity index (χ0n) is 12.0. The number of aliphatic hydroxyl groups is 1. The Bertz CT molecular complexity index is 371.